The summed E-state index contributed by atoms with van der Waals surface area (Å²) in [6.07, 6.45) is 4.23. The molecule has 3 aromatic rings. The third kappa shape index (κ3) is 3.68. The van der Waals surface area contributed by atoms with E-state index in [1.807, 2.05) is 25.1 Å². The number of piperidine rings is 1. The maximum atomic E-state index is 10.3. The number of aromatic hydroxyl groups is 1. The van der Waals surface area contributed by atoms with Gasteiger partial charge in [0, 0.05) is 28.7 Å². The van der Waals surface area contributed by atoms with Gasteiger partial charge in [-0.2, -0.15) is 5.26 Å². The van der Waals surface area contributed by atoms with Crippen LogP contribution in [-0.2, 0) is 6.54 Å². The minimum atomic E-state index is 0.113. The first-order valence-corrected chi connectivity index (χ1v) is 9.84. The van der Waals surface area contributed by atoms with Gasteiger partial charge in [-0.15, -0.1) is 10.2 Å². The lowest BCUT2D eigenvalue weighted by Gasteiger charge is -2.30. The fourth-order valence-corrected chi connectivity index (χ4v) is 4.29. The van der Waals surface area contributed by atoms with Crippen molar-refractivity contribution in [2.24, 2.45) is 5.92 Å². The van der Waals surface area contributed by atoms with Crippen molar-refractivity contribution in [2.45, 2.75) is 26.3 Å². The predicted molar refractivity (Wildman–Crippen MR) is 109 cm³/mol. The molecule has 1 aliphatic heterocycles. The van der Waals surface area contributed by atoms with E-state index in [2.05, 4.69) is 31.9 Å². The third-order valence-electron chi connectivity index (χ3n) is 5.50. The molecular formula is C21H22ClN5O. The van der Waals surface area contributed by atoms with E-state index >= 15 is 0 Å². The van der Waals surface area contributed by atoms with Crippen molar-refractivity contribution in [3.63, 3.8) is 0 Å². The highest BCUT2D eigenvalue weighted by Gasteiger charge is 2.20. The summed E-state index contributed by atoms with van der Waals surface area (Å²) in [6, 6.07) is 9.57. The number of aryl methyl sites for hydroxylation is 1. The Kier molecular flexibility index (Phi) is 5.21. The Balaban J connectivity index is 1.55. The van der Waals surface area contributed by atoms with Gasteiger partial charge in [-0.05, 0) is 68.6 Å². The van der Waals surface area contributed by atoms with E-state index in [4.69, 9.17) is 16.9 Å². The van der Waals surface area contributed by atoms with E-state index in [0.29, 0.717) is 28.7 Å². The predicted octanol–water partition coefficient (Wildman–Crippen LogP) is 4.00. The van der Waals surface area contributed by atoms with Crippen molar-refractivity contribution in [1.29, 1.82) is 5.26 Å². The second kappa shape index (κ2) is 7.78. The molecule has 7 heteroatoms. The number of fused-ring (bicyclic) bond motifs is 1. The molecule has 0 unspecified atom stereocenters. The quantitative estimate of drug-likeness (QED) is 0.675. The molecule has 1 N–H and O–H groups in total. The highest BCUT2D eigenvalue weighted by atomic mass is 35.5. The first-order chi connectivity index (χ1) is 13.5. The molecule has 0 amide bonds. The average molecular weight is 396 g/mol. The molecule has 0 atom stereocenters. The van der Waals surface area contributed by atoms with Gasteiger partial charge in [-0.3, -0.25) is 4.90 Å². The number of phenols is 1. The van der Waals surface area contributed by atoms with E-state index in [9.17, 15) is 5.11 Å². The normalized spacial score (nSPS) is 15.8. The third-order valence-corrected chi connectivity index (χ3v) is 5.72. The number of hydrogen-bond acceptors (Lipinski definition) is 5. The molecule has 0 saturated carbocycles. The van der Waals surface area contributed by atoms with Crippen molar-refractivity contribution < 1.29 is 5.11 Å². The van der Waals surface area contributed by atoms with Crippen LogP contribution in [0, 0.1) is 24.2 Å². The largest absolute Gasteiger partial charge is 0.507 e. The zero-order valence-corrected chi connectivity index (χ0v) is 16.5. The van der Waals surface area contributed by atoms with E-state index in [-0.39, 0.29) is 5.75 Å². The molecule has 6 nitrogen and oxygen atoms in total. The maximum absolute atomic E-state index is 10.3. The number of hydrogen-bond donors (Lipinski definition) is 1. The Morgan fingerprint density at radius 3 is 2.75 bits per heavy atom. The molecular weight excluding hydrogens is 374 g/mol. The van der Waals surface area contributed by atoms with Gasteiger partial charge in [0.25, 0.3) is 0 Å². The number of rotatable bonds is 4. The number of nitrogens with zero attached hydrogens (tertiary/aromatic N) is 5. The van der Waals surface area contributed by atoms with E-state index in [1.54, 1.807) is 0 Å². The zero-order valence-electron chi connectivity index (χ0n) is 15.8. The Labute approximate surface area is 169 Å². The summed E-state index contributed by atoms with van der Waals surface area (Å²) in [4.78, 5) is 2.21. The number of halogens is 1. The van der Waals surface area contributed by atoms with Crippen LogP contribution >= 0.6 is 11.6 Å². The molecule has 0 radical (unpaired) electrons. The molecule has 1 fully saturated rings. The van der Waals surface area contributed by atoms with Crippen molar-refractivity contribution in [3.8, 4) is 23.1 Å². The topological polar surface area (TPSA) is 78.0 Å². The van der Waals surface area contributed by atoms with Crippen molar-refractivity contribution in [1.82, 2.24) is 19.7 Å². The van der Waals surface area contributed by atoms with Crippen molar-refractivity contribution in [3.05, 3.63) is 41.0 Å². The highest BCUT2D eigenvalue weighted by molar-refractivity contribution is 6.31. The second-order valence-corrected chi connectivity index (χ2v) is 7.91. The number of benzene rings is 1. The highest BCUT2D eigenvalue weighted by Crippen LogP contribution is 2.34. The number of likely N-dealkylation sites (tertiary alicyclic amines) is 1. The molecule has 1 aromatic carbocycles. The zero-order chi connectivity index (χ0) is 19.7. The lowest BCUT2D eigenvalue weighted by Crippen LogP contribution is -2.35. The van der Waals surface area contributed by atoms with Gasteiger partial charge in [-0.1, -0.05) is 11.6 Å². The van der Waals surface area contributed by atoms with Crippen LogP contribution in [0.15, 0.2) is 30.5 Å². The summed E-state index contributed by atoms with van der Waals surface area (Å²) in [6.45, 7) is 5.27. The molecule has 3 heterocycles. The van der Waals surface area contributed by atoms with Crippen LogP contribution < -0.4 is 0 Å². The maximum Gasteiger partial charge on any atom is 0.162 e. The fourth-order valence-electron chi connectivity index (χ4n) is 4.02. The van der Waals surface area contributed by atoms with Gasteiger partial charge in [-0.25, -0.2) is 0 Å². The van der Waals surface area contributed by atoms with Crippen LogP contribution in [-0.4, -0.2) is 44.4 Å². The molecule has 1 saturated heterocycles. The molecule has 0 bridgehead atoms. The number of phenolic OH excluding ortho intramolecular Hbond substituents is 1. The molecule has 0 aliphatic carbocycles. The fraction of sp³-hybridized carbons (Fsp3) is 0.381. The lowest BCUT2D eigenvalue weighted by molar-refractivity contribution is 0.191. The standard InChI is InChI=1S/C21H22ClN5O/c1-14-10-17(22)12-19(28)20(14)18-11-16-4-8-27(21(16)25-24-18)13-15-2-6-26(7-3-15)9-5-23/h4,8,10-12,15,28H,2-3,6-7,9,13H2,1H3. The first kappa shape index (κ1) is 18.7. The van der Waals surface area contributed by atoms with Gasteiger partial charge in [0.1, 0.15) is 5.75 Å². The number of nitriles is 1. The summed E-state index contributed by atoms with van der Waals surface area (Å²) >= 11 is 6.01. The van der Waals surface area contributed by atoms with Crippen LogP contribution in [0.4, 0.5) is 0 Å². The summed E-state index contributed by atoms with van der Waals surface area (Å²) in [5.41, 5.74) is 3.02. The SMILES string of the molecule is Cc1cc(Cl)cc(O)c1-c1cc2ccn(CC3CCN(CC#N)CC3)c2nn1. The van der Waals surface area contributed by atoms with Crippen LogP contribution in [0.25, 0.3) is 22.3 Å². The minimum absolute atomic E-state index is 0.113. The summed E-state index contributed by atoms with van der Waals surface area (Å²) < 4.78 is 2.16. The van der Waals surface area contributed by atoms with Crippen LogP contribution in [0.1, 0.15) is 18.4 Å². The monoisotopic (exact) mass is 395 g/mol. The van der Waals surface area contributed by atoms with E-state index < -0.39 is 0 Å². The second-order valence-electron chi connectivity index (χ2n) is 7.47. The summed E-state index contributed by atoms with van der Waals surface area (Å²) in [5, 5.41) is 29.4. The smallest absolute Gasteiger partial charge is 0.162 e. The minimum Gasteiger partial charge on any atom is -0.507 e. The van der Waals surface area contributed by atoms with Gasteiger partial charge < -0.3 is 9.67 Å². The Morgan fingerprint density at radius 2 is 2.04 bits per heavy atom. The number of aromatic nitrogens is 3. The lowest BCUT2D eigenvalue weighted by atomic mass is 9.97. The molecule has 144 valence electrons. The van der Waals surface area contributed by atoms with Crippen molar-refractivity contribution >= 4 is 22.6 Å². The van der Waals surface area contributed by atoms with Gasteiger partial charge >= 0.3 is 0 Å². The first-order valence-electron chi connectivity index (χ1n) is 9.46. The molecule has 1 aliphatic rings. The van der Waals surface area contributed by atoms with E-state index in [1.165, 1.54) is 6.07 Å². The van der Waals surface area contributed by atoms with Gasteiger partial charge in [0.05, 0.1) is 18.3 Å². The molecule has 0 spiro atoms. The van der Waals surface area contributed by atoms with Crippen molar-refractivity contribution in [2.75, 3.05) is 19.6 Å². The Bertz CT molecular complexity index is 1020. The molecule has 2 aromatic heterocycles. The van der Waals surface area contributed by atoms with Crippen LogP contribution in [0.5, 0.6) is 5.75 Å². The average Bonchev–Trinajstić information content (AvgIpc) is 3.05. The molecule has 4 rings (SSSR count). The Hall–Kier alpha value is -2.62. The van der Waals surface area contributed by atoms with Crippen LogP contribution in [0.3, 0.4) is 0 Å². The Morgan fingerprint density at radius 1 is 1.25 bits per heavy atom. The van der Waals surface area contributed by atoms with Gasteiger partial charge in [0.2, 0.25) is 0 Å². The molecule has 28 heavy (non-hydrogen) atoms. The van der Waals surface area contributed by atoms with Crippen LogP contribution in [0.2, 0.25) is 5.02 Å². The van der Waals surface area contributed by atoms with Gasteiger partial charge in [0.15, 0.2) is 5.65 Å². The summed E-state index contributed by atoms with van der Waals surface area (Å²) in [7, 11) is 0. The summed E-state index contributed by atoms with van der Waals surface area (Å²) in [5.74, 6) is 0.691. The van der Waals surface area contributed by atoms with E-state index in [0.717, 1.165) is 49.1 Å².